The third-order valence-electron chi connectivity index (χ3n) is 3.98. The number of carbonyl (C=O) groups is 2. The highest BCUT2D eigenvalue weighted by molar-refractivity contribution is 7.10. The Morgan fingerprint density at radius 1 is 0.963 bits per heavy atom. The normalized spacial score (nSPS) is 11.1. The Bertz CT molecular complexity index is 930. The van der Waals surface area contributed by atoms with Crippen LogP contribution in [0, 0.1) is 0 Å². The van der Waals surface area contributed by atoms with Crippen LogP contribution in [0.25, 0.3) is 6.08 Å². The Balaban J connectivity index is 1.80. The van der Waals surface area contributed by atoms with E-state index < -0.39 is 0 Å². The zero-order valence-corrected chi connectivity index (χ0v) is 15.8. The van der Waals surface area contributed by atoms with Gasteiger partial charge in [0, 0.05) is 16.1 Å². The van der Waals surface area contributed by atoms with E-state index in [1.807, 2.05) is 47.8 Å². The number of hydrogen-bond acceptors (Lipinski definition) is 3. The van der Waals surface area contributed by atoms with Gasteiger partial charge in [0.05, 0.1) is 0 Å². The number of nitrogens with one attached hydrogen (secondary N) is 2. The lowest BCUT2D eigenvalue weighted by Gasteiger charge is -2.11. The summed E-state index contributed by atoms with van der Waals surface area (Å²) in [5, 5.41) is 7.50. The van der Waals surface area contributed by atoms with E-state index in [4.69, 9.17) is 0 Å². The molecule has 0 atom stereocenters. The Morgan fingerprint density at radius 2 is 1.70 bits per heavy atom. The zero-order chi connectivity index (χ0) is 19.1. The maximum atomic E-state index is 12.8. The first-order valence-corrected chi connectivity index (χ1v) is 9.55. The van der Waals surface area contributed by atoms with E-state index in [2.05, 4.69) is 17.6 Å². The minimum Gasteiger partial charge on any atom is -0.321 e. The van der Waals surface area contributed by atoms with Crippen molar-refractivity contribution in [1.82, 2.24) is 5.32 Å². The van der Waals surface area contributed by atoms with E-state index in [-0.39, 0.29) is 17.5 Å². The van der Waals surface area contributed by atoms with Crippen molar-refractivity contribution in [3.05, 3.63) is 93.8 Å². The van der Waals surface area contributed by atoms with Crippen molar-refractivity contribution in [2.75, 3.05) is 5.32 Å². The number of carbonyl (C=O) groups excluding carboxylic acids is 2. The van der Waals surface area contributed by atoms with E-state index in [0.717, 1.165) is 11.3 Å². The van der Waals surface area contributed by atoms with E-state index in [1.165, 1.54) is 16.9 Å². The van der Waals surface area contributed by atoms with Gasteiger partial charge in [0.15, 0.2) is 0 Å². The van der Waals surface area contributed by atoms with Gasteiger partial charge in [-0.25, -0.2) is 0 Å². The van der Waals surface area contributed by atoms with Crippen LogP contribution in [-0.4, -0.2) is 11.8 Å². The molecule has 1 heterocycles. The number of benzene rings is 2. The quantitative estimate of drug-likeness (QED) is 0.612. The highest BCUT2D eigenvalue weighted by atomic mass is 32.1. The maximum Gasteiger partial charge on any atom is 0.272 e. The second-order valence-electron chi connectivity index (χ2n) is 5.90. The largest absolute Gasteiger partial charge is 0.321 e. The smallest absolute Gasteiger partial charge is 0.272 e. The van der Waals surface area contributed by atoms with Crippen LogP contribution >= 0.6 is 11.3 Å². The fourth-order valence-electron chi connectivity index (χ4n) is 2.48. The van der Waals surface area contributed by atoms with Crippen molar-refractivity contribution in [3.8, 4) is 0 Å². The lowest BCUT2D eigenvalue weighted by Crippen LogP contribution is -2.30. The van der Waals surface area contributed by atoms with E-state index in [1.54, 1.807) is 30.3 Å². The second kappa shape index (κ2) is 8.96. The maximum absolute atomic E-state index is 12.8. The fraction of sp³-hybridized carbons (Fsp3) is 0.0909. The molecule has 0 aliphatic carbocycles. The van der Waals surface area contributed by atoms with Crippen LogP contribution in [0.3, 0.4) is 0 Å². The minimum atomic E-state index is -0.364. The Kier molecular flexibility index (Phi) is 6.18. The molecule has 2 aromatic carbocycles. The molecular weight excluding hydrogens is 356 g/mol. The van der Waals surface area contributed by atoms with Gasteiger partial charge in [-0.15, -0.1) is 11.3 Å². The van der Waals surface area contributed by atoms with Gasteiger partial charge in [0.2, 0.25) is 0 Å². The molecule has 27 heavy (non-hydrogen) atoms. The first kappa shape index (κ1) is 18.6. The third-order valence-corrected chi connectivity index (χ3v) is 4.80. The molecule has 3 aromatic rings. The molecule has 0 bridgehead atoms. The molecule has 0 aliphatic rings. The summed E-state index contributed by atoms with van der Waals surface area (Å²) in [7, 11) is 0. The predicted octanol–water partition coefficient (Wildman–Crippen LogP) is 4.72. The topological polar surface area (TPSA) is 58.2 Å². The fourth-order valence-corrected chi connectivity index (χ4v) is 3.14. The molecule has 4 nitrogen and oxygen atoms in total. The Labute approximate surface area is 162 Å². The number of amides is 2. The molecule has 5 heteroatoms. The van der Waals surface area contributed by atoms with Crippen LogP contribution in [0.5, 0.6) is 0 Å². The molecular formula is C22H20N2O2S. The molecule has 136 valence electrons. The number of anilines is 1. The molecule has 3 rings (SSSR count). The van der Waals surface area contributed by atoms with Gasteiger partial charge in [0.1, 0.15) is 5.70 Å². The standard InChI is InChI=1S/C22H20N2O2S/c1-2-16-10-12-18(13-11-16)23-22(26)20(15-19-9-6-14-27-19)24-21(25)17-7-4-3-5-8-17/h3-15H,2H2,1H3,(H,23,26)(H,24,25)/b20-15-. The molecule has 0 aliphatic heterocycles. The second-order valence-corrected chi connectivity index (χ2v) is 6.88. The highest BCUT2D eigenvalue weighted by Gasteiger charge is 2.15. The van der Waals surface area contributed by atoms with Gasteiger partial charge < -0.3 is 10.6 Å². The molecule has 2 N–H and O–H groups in total. The SMILES string of the molecule is CCc1ccc(NC(=O)/C(=C/c2cccs2)NC(=O)c2ccccc2)cc1. The number of rotatable bonds is 6. The molecule has 0 spiro atoms. The summed E-state index contributed by atoms with van der Waals surface area (Å²) in [4.78, 5) is 26.2. The first-order chi connectivity index (χ1) is 13.2. The van der Waals surface area contributed by atoms with Gasteiger partial charge in [0.25, 0.3) is 11.8 Å². The summed E-state index contributed by atoms with van der Waals surface area (Å²) in [5.41, 5.74) is 2.57. The summed E-state index contributed by atoms with van der Waals surface area (Å²) < 4.78 is 0. The predicted molar refractivity (Wildman–Crippen MR) is 111 cm³/mol. The third kappa shape index (κ3) is 5.15. The van der Waals surface area contributed by atoms with Crippen LogP contribution in [0.4, 0.5) is 5.69 Å². The van der Waals surface area contributed by atoms with Gasteiger partial charge in [-0.1, -0.05) is 43.3 Å². The van der Waals surface area contributed by atoms with Crippen LogP contribution < -0.4 is 10.6 Å². The van der Waals surface area contributed by atoms with Crippen LogP contribution in [0.15, 0.2) is 77.8 Å². The van der Waals surface area contributed by atoms with E-state index >= 15 is 0 Å². The minimum absolute atomic E-state index is 0.200. The van der Waals surface area contributed by atoms with Gasteiger partial charge in [-0.2, -0.15) is 0 Å². The number of aryl methyl sites for hydroxylation is 1. The van der Waals surface area contributed by atoms with Crippen LogP contribution in [-0.2, 0) is 11.2 Å². The molecule has 0 saturated carbocycles. The molecule has 0 saturated heterocycles. The molecule has 0 fully saturated rings. The number of hydrogen-bond donors (Lipinski definition) is 2. The summed E-state index contributed by atoms with van der Waals surface area (Å²) >= 11 is 1.50. The van der Waals surface area contributed by atoms with Gasteiger partial charge in [-0.3, -0.25) is 9.59 Å². The van der Waals surface area contributed by atoms with Crippen molar-refractivity contribution in [2.24, 2.45) is 0 Å². The zero-order valence-electron chi connectivity index (χ0n) is 14.9. The van der Waals surface area contributed by atoms with Crippen LogP contribution in [0.1, 0.15) is 27.7 Å². The summed E-state index contributed by atoms with van der Waals surface area (Å²) in [5.74, 6) is -0.688. The van der Waals surface area contributed by atoms with Crippen molar-refractivity contribution < 1.29 is 9.59 Å². The van der Waals surface area contributed by atoms with E-state index in [0.29, 0.717) is 11.3 Å². The average molecular weight is 376 g/mol. The lowest BCUT2D eigenvalue weighted by molar-refractivity contribution is -0.113. The van der Waals surface area contributed by atoms with Crippen molar-refractivity contribution in [3.63, 3.8) is 0 Å². The average Bonchev–Trinajstić information content (AvgIpc) is 3.22. The summed E-state index contributed by atoms with van der Waals surface area (Å²) in [6, 6.07) is 20.3. The monoisotopic (exact) mass is 376 g/mol. The number of thiophene rings is 1. The van der Waals surface area contributed by atoms with Crippen molar-refractivity contribution in [1.29, 1.82) is 0 Å². The first-order valence-electron chi connectivity index (χ1n) is 8.67. The van der Waals surface area contributed by atoms with Crippen LogP contribution in [0.2, 0.25) is 0 Å². The lowest BCUT2D eigenvalue weighted by atomic mass is 10.1. The van der Waals surface area contributed by atoms with Gasteiger partial charge in [-0.05, 0) is 53.8 Å². The van der Waals surface area contributed by atoms with E-state index in [9.17, 15) is 9.59 Å². The summed E-state index contributed by atoms with van der Waals surface area (Å²) in [6.45, 7) is 2.08. The molecule has 0 unspecified atom stereocenters. The van der Waals surface area contributed by atoms with Gasteiger partial charge >= 0.3 is 0 Å². The Hall–Kier alpha value is -3.18. The van der Waals surface area contributed by atoms with Crippen molar-refractivity contribution >= 4 is 34.9 Å². The molecule has 1 aromatic heterocycles. The highest BCUT2D eigenvalue weighted by Crippen LogP contribution is 2.15. The molecule has 2 amide bonds. The summed E-state index contributed by atoms with van der Waals surface area (Å²) in [6.07, 6.45) is 2.62. The Morgan fingerprint density at radius 3 is 2.33 bits per heavy atom. The van der Waals surface area contributed by atoms with Crippen molar-refractivity contribution in [2.45, 2.75) is 13.3 Å². The molecule has 0 radical (unpaired) electrons.